The third kappa shape index (κ3) is 3.99. The van der Waals surface area contributed by atoms with Gasteiger partial charge in [0.15, 0.2) is 11.4 Å². The number of pyridine rings is 1. The number of aromatic nitrogens is 2. The number of anilines is 1. The van der Waals surface area contributed by atoms with Crippen LogP contribution in [0.3, 0.4) is 0 Å². The zero-order chi connectivity index (χ0) is 18.6. The Bertz CT molecular complexity index is 1060. The van der Waals surface area contributed by atoms with Crippen molar-refractivity contribution in [3.8, 4) is 22.8 Å². The standard InChI is InChI=1S/C21H18ClN3O2/c22-16-6-8-18(9-7-16)26-11-12-27-20-5-2-10-25-14-19(24-21(20)25)15-3-1-4-17(23)13-15/h1-10,13-14H,11-12,23H2. The first-order valence-corrected chi connectivity index (χ1v) is 8.92. The number of ether oxygens (including phenoxy) is 2. The molecule has 2 aromatic heterocycles. The molecule has 0 saturated heterocycles. The number of halogens is 1. The second-order valence-electron chi connectivity index (χ2n) is 6.01. The predicted octanol–water partition coefficient (Wildman–Crippen LogP) is 4.69. The van der Waals surface area contributed by atoms with Gasteiger partial charge < -0.3 is 19.6 Å². The Morgan fingerprint density at radius 2 is 1.78 bits per heavy atom. The molecule has 0 aliphatic rings. The number of hydrogen-bond donors (Lipinski definition) is 1. The Morgan fingerprint density at radius 1 is 0.963 bits per heavy atom. The van der Waals surface area contributed by atoms with Crippen LogP contribution in [-0.4, -0.2) is 22.6 Å². The molecule has 0 radical (unpaired) electrons. The molecule has 6 heteroatoms. The van der Waals surface area contributed by atoms with E-state index >= 15 is 0 Å². The first kappa shape index (κ1) is 17.2. The summed E-state index contributed by atoms with van der Waals surface area (Å²) in [5, 5.41) is 0.681. The number of nitrogens with two attached hydrogens (primary N) is 1. The maximum atomic E-state index is 5.88. The summed E-state index contributed by atoms with van der Waals surface area (Å²) in [5.74, 6) is 1.46. The van der Waals surface area contributed by atoms with Crippen LogP contribution in [0.25, 0.3) is 16.9 Å². The Kier molecular flexibility index (Phi) is 4.85. The van der Waals surface area contributed by atoms with Gasteiger partial charge in [-0.15, -0.1) is 0 Å². The van der Waals surface area contributed by atoms with Crippen LogP contribution in [-0.2, 0) is 0 Å². The number of nitrogen functional groups attached to an aromatic ring is 1. The van der Waals surface area contributed by atoms with Gasteiger partial charge in [-0.05, 0) is 48.5 Å². The minimum absolute atomic E-state index is 0.406. The summed E-state index contributed by atoms with van der Waals surface area (Å²) in [7, 11) is 0. The molecule has 136 valence electrons. The zero-order valence-corrected chi connectivity index (χ0v) is 15.3. The van der Waals surface area contributed by atoms with Gasteiger partial charge in [-0.3, -0.25) is 0 Å². The van der Waals surface area contributed by atoms with Gasteiger partial charge in [0.1, 0.15) is 19.0 Å². The molecule has 0 saturated carbocycles. The van der Waals surface area contributed by atoms with Crippen molar-refractivity contribution >= 4 is 22.9 Å². The zero-order valence-electron chi connectivity index (χ0n) is 14.5. The molecule has 2 N–H and O–H groups in total. The number of nitrogens with zero attached hydrogens (tertiary/aromatic N) is 2. The smallest absolute Gasteiger partial charge is 0.180 e. The highest BCUT2D eigenvalue weighted by Crippen LogP contribution is 2.25. The lowest BCUT2D eigenvalue weighted by atomic mass is 10.1. The van der Waals surface area contributed by atoms with Gasteiger partial charge in [-0.2, -0.15) is 0 Å². The second kappa shape index (κ2) is 7.60. The van der Waals surface area contributed by atoms with Gasteiger partial charge in [0, 0.05) is 28.7 Å². The van der Waals surface area contributed by atoms with E-state index in [1.807, 2.05) is 65.3 Å². The van der Waals surface area contributed by atoms with Crippen LogP contribution in [0.4, 0.5) is 5.69 Å². The van der Waals surface area contributed by atoms with E-state index in [1.165, 1.54) is 0 Å². The molecule has 0 aliphatic carbocycles. The molecule has 0 unspecified atom stereocenters. The molecule has 4 aromatic rings. The summed E-state index contributed by atoms with van der Waals surface area (Å²) in [6.07, 6.45) is 3.90. The minimum atomic E-state index is 0.406. The van der Waals surface area contributed by atoms with Crippen molar-refractivity contribution in [3.63, 3.8) is 0 Å². The Balaban J connectivity index is 1.46. The Labute approximate surface area is 161 Å². The van der Waals surface area contributed by atoms with Gasteiger partial charge >= 0.3 is 0 Å². The van der Waals surface area contributed by atoms with Crippen molar-refractivity contribution in [2.45, 2.75) is 0 Å². The van der Waals surface area contributed by atoms with Crippen LogP contribution in [0.2, 0.25) is 5.02 Å². The second-order valence-corrected chi connectivity index (χ2v) is 6.44. The van der Waals surface area contributed by atoms with Gasteiger partial charge in [-0.25, -0.2) is 4.98 Å². The lowest BCUT2D eigenvalue weighted by molar-refractivity contribution is 0.218. The first-order valence-electron chi connectivity index (χ1n) is 8.54. The minimum Gasteiger partial charge on any atom is -0.490 e. The van der Waals surface area contributed by atoms with Crippen LogP contribution >= 0.6 is 11.6 Å². The van der Waals surface area contributed by atoms with E-state index in [2.05, 4.69) is 0 Å². The normalized spacial score (nSPS) is 10.9. The molecule has 27 heavy (non-hydrogen) atoms. The molecular formula is C21H18ClN3O2. The largest absolute Gasteiger partial charge is 0.490 e. The molecular weight excluding hydrogens is 362 g/mol. The highest BCUT2D eigenvalue weighted by molar-refractivity contribution is 6.30. The highest BCUT2D eigenvalue weighted by Gasteiger charge is 2.09. The van der Waals surface area contributed by atoms with Gasteiger partial charge in [-0.1, -0.05) is 23.7 Å². The van der Waals surface area contributed by atoms with E-state index < -0.39 is 0 Å². The average molecular weight is 380 g/mol. The molecule has 0 amide bonds. The lowest BCUT2D eigenvalue weighted by Crippen LogP contribution is -2.09. The molecule has 0 fully saturated rings. The van der Waals surface area contributed by atoms with Crippen LogP contribution in [0.15, 0.2) is 73.1 Å². The van der Waals surface area contributed by atoms with E-state index in [9.17, 15) is 0 Å². The average Bonchev–Trinajstić information content (AvgIpc) is 3.12. The fourth-order valence-electron chi connectivity index (χ4n) is 2.78. The van der Waals surface area contributed by atoms with E-state index in [-0.39, 0.29) is 0 Å². The van der Waals surface area contributed by atoms with Gasteiger partial charge in [0.2, 0.25) is 0 Å². The predicted molar refractivity (Wildman–Crippen MR) is 107 cm³/mol. The molecule has 5 nitrogen and oxygen atoms in total. The van der Waals surface area contributed by atoms with E-state index in [1.54, 1.807) is 12.1 Å². The van der Waals surface area contributed by atoms with Crippen LogP contribution in [0, 0.1) is 0 Å². The molecule has 0 spiro atoms. The summed E-state index contributed by atoms with van der Waals surface area (Å²) in [4.78, 5) is 4.70. The third-order valence-corrected chi connectivity index (χ3v) is 4.30. The summed E-state index contributed by atoms with van der Waals surface area (Å²) in [6.45, 7) is 0.828. The van der Waals surface area contributed by atoms with E-state index in [0.717, 1.165) is 22.7 Å². The first-order chi connectivity index (χ1) is 13.2. The summed E-state index contributed by atoms with van der Waals surface area (Å²) < 4.78 is 13.5. The number of imidazole rings is 1. The van der Waals surface area contributed by atoms with Crippen molar-refractivity contribution in [1.29, 1.82) is 0 Å². The van der Waals surface area contributed by atoms with E-state index in [4.69, 9.17) is 31.8 Å². The summed E-state index contributed by atoms with van der Waals surface area (Å²) in [5.41, 5.74) is 9.15. The van der Waals surface area contributed by atoms with Crippen molar-refractivity contribution in [1.82, 2.24) is 9.38 Å². The number of benzene rings is 2. The Hall–Kier alpha value is -3.18. The lowest BCUT2D eigenvalue weighted by Gasteiger charge is -2.09. The maximum absolute atomic E-state index is 5.88. The Morgan fingerprint density at radius 3 is 2.59 bits per heavy atom. The van der Waals surface area contributed by atoms with E-state index in [0.29, 0.717) is 29.7 Å². The number of fused-ring (bicyclic) bond motifs is 1. The SMILES string of the molecule is Nc1cccc(-c2cn3cccc(OCCOc4ccc(Cl)cc4)c3n2)c1. The third-order valence-electron chi connectivity index (χ3n) is 4.05. The van der Waals surface area contributed by atoms with Gasteiger partial charge in [0.25, 0.3) is 0 Å². The van der Waals surface area contributed by atoms with Crippen LogP contribution < -0.4 is 15.2 Å². The number of rotatable bonds is 6. The monoisotopic (exact) mass is 379 g/mol. The highest BCUT2D eigenvalue weighted by atomic mass is 35.5. The van der Waals surface area contributed by atoms with Crippen LogP contribution in [0.5, 0.6) is 11.5 Å². The summed E-state index contributed by atoms with van der Waals surface area (Å²) >= 11 is 5.87. The molecule has 0 atom stereocenters. The topological polar surface area (TPSA) is 61.8 Å². The maximum Gasteiger partial charge on any atom is 0.180 e. The van der Waals surface area contributed by atoms with Gasteiger partial charge in [0.05, 0.1) is 5.69 Å². The molecule has 0 bridgehead atoms. The fourth-order valence-corrected chi connectivity index (χ4v) is 2.90. The quantitative estimate of drug-likeness (QED) is 0.390. The number of hydrogen-bond acceptors (Lipinski definition) is 4. The molecule has 2 heterocycles. The van der Waals surface area contributed by atoms with Crippen molar-refractivity contribution in [3.05, 3.63) is 78.1 Å². The fraction of sp³-hybridized carbons (Fsp3) is 0.0952. The van der Waals surface area contributed by atoms with Crippen molar-refractivity contribution in [2.24, 2.45) is 0 Å². The molecule has 4 rings (SSSR count). The van der Waals surface area contributed by atoms with Crippen LogP contribution in [0.1, 0.15) is 0 Å². The summed E-state index contributed by atoms with van der Waals surface area (Å²) in [6, 6.07) is 18.7. The van der Waals surface area contributed by atoms with Crippen molar-refractivity contribution in [2.75, 3.05) is 18.9 Å². The molecule has 2 aromatic carbocycles. The van der Waals surface area contributed by atoms with Crippen molar-refractivity contribution < 1.29 is 9.47 Å². The molecule has 0 aliphatic heterocycles.